The molecule has 0 spiro atoms. The van der Waals surface area contributed by atoms with Gasteiger partial charge in [0.15, 0.2) is 17.3 Å². The number of rotatable bonds is 6. The van der Waals surface area contributed by atoms with Crippen LogP contribution in [-0.2, 0) is 20.2 Å². The lowest BCUT2D eigenvalue weighted by Gasteiger charge is -2.13. The Bertz CT molecular complexity index is 1050. The van der Waals surface area contributed by atoms with Crippen molar-refractivity contribution in [2.24, 2.45) is 0 Å². The van der Waals surface area contributed by atoms with E-state index in [0.29, 0.717) is 0 Å². The molecule has 0 heterocycles. The van der Waals surface area contributed by atoms with E-state index in [1.807, 2.05) is 0 Å². The molecule has 0 saturated carbocycles. The van der Waals surface area contributed by atoms with Crippen molar-refractivity contribution >= 4 is 26.0 Å². The highest BCUT2D eigenvalue weighted by Gasteiger charge is 2.24. The quantitative estimate of drug-likeness (QED) is 0.541. The van der Waals surface area contributed by atoms with Crippen LogP contribution in [0.25, 0.3) is 0 Å². The third-order valence-electron chi connectivity index (χ3n) is 3.41. The van der Waals surface area contributed by atoms with Crippen LogP contribution in [0.1, 0.15) is 15.9 Å². The number of benzene rings is 2. The van der Waals surface area contributed by atoms with Gasteiger partial charge in [0.25, 0.3) is 20.2 Å². The van der Waals surface area contributed by atoms with Gasteiger partial charge in [-0.3, -0.25) is 13.9 Å². The van der Waals surface area contributed by atoms with Gasteiger partial charge >= 0.3 is 0 Å². The number of hydrogen-bond acceptors (Lipinski definition) is 7. The van der Waals surface area contributed by atoms with Crippen molar-refractivity contribution in [1.82, 2.24) is 0 Å². The molecule has 0 unspecified atom stereocenters. The van der Waals surface area contributed by atoms with E-state index < -0.39 is 35.8 Å². The Hall–Kier alpha value is -2.47. The van der Waals surface area contributed by atoms with Gasteiger partial charge in [0.1, 0.15) is 0 Å². The van der Waals surface area contributed by atoms with E-state index in [-0.39, 0.29) is 22.6 Å². The Morgan fingerprint density at radius 2 is 1.38 bits per heavy atom. The van der Waals surface area contributed by atoms with Gasteiger partial charge in [0.2, 0.25) is 0 Å². The van der Waals surface area contributed by atoms with Gasteiger partial charge in [0.05, 0.1) is 29.6 Å². The normalized spacial score (nSPS) is 11.8. The van der Waals surface area contributed by atoms with E-state index in [1.54, 1.807) is 0 Å². The number of carbonyl (C=O) groups excluding carboxylic acids is 1. The first-order valence-corrected chi connectivity index (χ1v) is 9.73. The van der Waals surface area contributed by atoms with Gasteiger partial charge in [0, 0.05) is 11.6 Å². The van der Waals surface area contributed by atoms with Gasteiger partial charge in [-0.25, -0.2) is 0 Å². The summed E-state index contributed by atoms with van der Waals surface area (Å²) in [6.45, 7) is 0. The molecule has 0 radical (unpaired) electrons. The first-order chi connectivity index (χ1) is 12.0. The summed E-state index contributed by atoms with van der Waals surface area (Å²) >= 11 is 0. The lowest BCUT2D eigenvalue weighted by molar-refractivity contribution is 0.103. The van der Waals surface area contributed by atoms with E-state index in [1.165, 1.54) is 14.2 Å². The van der Waals surface area contributed by atoms with E-state index in [9.17, 15) is 26.2 Å². The maximum Gasteiger partial charge on any atom is 0.294 e. The molecule has 9 nitrogen and oxygen atoms in total. The molecular weight excluding hydrogens is 388 g/mol. The van der Waals surface area contributed by atoms with Gasteiger partial charge in [-0.15, -0.1) is 0 Å². The third kappa shape index (κ3) is 4.02. The smallest absolute Gasteiger partial charge is 0.294 e. The van der Waals surface area contributed by atoms with Crippen molar-refractivity contribution in [1.29, 1.82) is 0 Å². The van der Waals surface area contributed by atoms with Crippen molar-refractivity contribution in [3.63, 3.8) is 0 Å². The minimum absolute atomic E-state index is 0.00904. The van der Waals surface area contributed by atoms with Crippen LogP contribution in [0.2, 0.25) is 0 Å². The summed E-state index contributed by atoms with van der Waals surface area (Å²) in [7, 11) is -6.59. The molecular formula is C15H14O9S2. The summed E-state index contributed by atoms with van der Waals surface area (Å²) in [6.07, 6.45) is 0. The average molecular weight is 402 g/mol. The second kappa shape index (κ2) is 7.03. The molecule has 11 heteroatoms. The highest BCUT2D eigenvalue weighted by Crippen LogP contribution is 2.35. The van der Waals surface area contributed by atoms with E-state index in [0.717, 1.165) is 36.4 Å². The fraction of sp³-hybridized carbons (Fsp3) is 0.133. The number of ether oxygens (including phenoxy) is 2. The first-order valence-electron chi connectivity index (χ1n) is 6.85. The fourth-order valence-electron chi connectivity index (χ4n) is 2.19. The van der Waals surface area contributed by atoms with Crippen LogP contribution in [0.15, 0.2) is 46.2 Å². The van der Waals surface area contributed by atoms with Crippen molar-refractivity contribution in [2.75, 3.05) is 14.2 Å². The van der Waals surface area contributed by atoms with Crippen LogP contribution < -0.4 is 9.47 Å². The zero-order valence-electron chi connectivity index (χ0n) is 13.5. The lowest BCUT2D eigenvalue weighted by atomic mass is 10.0. The molecule has 140 valence electrons. The van der Waals surface area contributed by atoms with Crippen LogP contribution in [0, 0.1) is 0 Å². The van der Waals surface area contributed by atoms with Gasteiger partial charge in [-0.1, -0.05) is 0 Å². The molecule has 2 rings (SSSR count). The number of methoxy groups -OCH3 is 2. The summed E-state index contributed by atoms with van der Waals surface area (Å²) < 4.78 is 73.3. The lowest BCUT2D eigenvalue weighted by Crippen LogP contribution is -2.09. The zero-order chi connectivity index (χ0) is 19.7. The van der Waals surface area contributed by atoms with Crippen molar-refractivity contribution < 1.29 is 40.2 Å². The molecule has 0 aliphatic rings. The summed E-state index contributed by atoms with van der Waals surface area (Å²) in [5.41, 5.74) is -0.232. The number of ketones is 1. The molecule has 26 heavy (non-hydrogen) atoms. The molecule has 2 aromatic carbocycles. The highest BCUT2D eigenvalue weighted by atomic mass is 32.2. The Kier molecular flexibility index (Phi) is 5.37. The SMILES string of the molecule is COc1cc(S(=O)(=O)O)cc(C(=O)c2ccc(S(=O)(=O)O)cc2)c1OC. The van der Waals surface area contributed by atoms with Crippen LogP contribution in [0.4, 0.5) is 0 Å². The highest BCUT2D eigenvalue weighted by molar-refractivity contribution is 7.86. The second-order valence-corrected chi connectivity index (χ2v) is 7.85. The molecule has 0 aliphatic heterocycles. The number of carbonyl (C=O) groups is 1. The van der Waals surface area contributed by atoms with Crippen molar-refractivity contribution in [3.05, 3.63) is 47.5 Å². The van der Waals surface area contributed by atoms with Crippen LogP contribution in [-0.4, -0.2) is 45.9 Å². The van der Waals surface area contributed by atoms with Gasteiger partial charge in [-0.05, 0) is 30.3 Å². The van der Waals surface area contributed by atoms with Crippen LogP contribution in [0.3, 0.4) is 0 Å². The predicted octanol–water partition coefficient (Wildman–Crippen LogP) is 1.43. The molecule has 2 N–H and O–H groups in total. The standard InChI is InChI=1S/C15H14O9S2/c1-23-13-8-11(26(20,21)22)7-12(15(13)24-2)14(16)9-3-5-10(6-4-9)25(17,18)19/h3-8H,1-2H3,(H,17,18,19)(H,20,21,22). The van der Waals surface area contributed by atoms with Gasteiger partial charge < -0.3 is 9.47 Å². The molecule has 0 aromatic heterocycles. The van der Waals surface area contributed by atoms with Crippen LogP contribution in [0.5, 0.6) is 11.5 Å². The average Bonchev–Trinajstić information content (AvgIpc) is 2.58. The summed E-state index contributed by atoms with van der Waals surface area (Å²) in [5.74, 6) is -0.878. The predicted molar refractivity (Wildman–Crippen MR) is 89.0 cm³/mol. The largest absolute Gasteiger partial charge is 0.493 e. The topological polar surface area (TPSA) is 144 Å². The van der Waals surface area contributed by atoms with E-state index >= 15 is 0 Å². The Morgan fingerprint density at radius 1 is 0.846 bits per heavy atom. The molecule has 0 aliphatic carbocycles. The molecule has 0 saturated heterocycles. The minimum atomic E-state index is -4.62. The van der Waals surface area contributed by atoms with Crippen LogP contribution >= 0.6 is 0 Å². The summed E-state index contributed by atoms with van der Waals surface area (Å²) in [4.78, 5) is 11.7. The van der Waals surface area contributed by atoms with Gasteiger partial charge in [-0.2, -0.15) is 16.8 Å². The maximum absolute atomic E-state index is 12.7. The Balaban J connectivity index is 2.64. The molecule has 0 amide bonds. The third-order valence-corrected chi connectivity index (χ3v) is 5.11. The zero-order valence-corrected chi connectivity index (χ0v) is 15.2. The molecule has 0 fully saturated rings. The number of hydrogen-bond donors (Lipinski definition) is 2. The summed E-state index contributed by atoms with van der Waals surface area (Å²) in [6, 6.07) is 6.20. The monoisotopic (exact) mass is 402 g/mol. The Labute approximate surface area is 149 Å². The second-order valence-electron chi connectivity index (χ2n) is 5.01. The fourth-order valence-corrected chi connectivity index (χ4v) is 3.19. The molecule has 2 aromatic rings. The summed E-state index contributed by atoms with van der Waals surface area (Å²) in [5, 5.41) is 0. The first kappa shape index (κ1) is 19.8. The Morgan fingerprint density at radius 3 is 1.81 bits per heavy atom. The molecule has 0 bridgehead atoms. The molecule has 0 atom stereocenters. The van der Waals surface area contributed by atoms with Crippen molar-refractivity contribution in [2.45, 2.75) is 9.79 Å². The minimum Gasteiger partial charge on any atom is -0.493 e. The maximum atomic E-state index is 12.7. The van der Waals surface area contributed by atoms with E-state index in [4.69, 9.17) is 14.0 Å². The van der Waals surface area contributed by atoms with Crippen molar-refractivity contribution in [3.8, 4) is 11.5 Å². The van der Waals surface area contributed by atoms with E-state index in [2.05, 4.69) is 0 Å².